The minimum absolute atomic E-state index is 0.170. The second-order valence-corrected chi connectivity index (χ2v) is 10.8. The Labute approximate surface area is 251 Å². The number of nitrogens with one attached hydrogen (secondary N) is 1. The minimum Gasteiger partial charge on any atom is -0.488 e. The lowest BCUT2D eigenvalue weighted by Crippen LogP contribution is -2.52. The van der Waals surface area contributed by atoms with E-state index in [4.69, 9.17) is 18.9 Å². The molecule has 0 spiro atoms. The van der Waals surface area contributed by atoms with Crippen molar-refractivity contribution in [3.8, 4) is 34.1 Å². The summed E-state index contributed by atoms with van der Waals surface area (Å²) in [5.74, 6) is 1.56. The van der Waals surface area contributed by atoms with Crippen LogP contribution in [0.1, 0.15) is 34.7 Å². The number of aliphatic carboxylic acids is 1. The summed E-state index contributed by atoms with van der Waals surface area (Å²) < 4.78 is 24.0. The Kier molecular flexibility index (Phi) is 9.13. The smallest absolute Gasteiger partial charge is 0.326 e. The standard InChI is InChI=1S/C34H36N2O7/c1-22-14-27(18-36-34(3,21-37)33(38)39)31(42-19-24-6-5-11-35-17-24)16-30(22)43-20-26-7-4-8-28(23(26)2)25-9-10-29-32(15-25)41-13-12-40-29/h4-11,14-17,36-37H,12-13,18-21H2,1-3H3,(H,38,39)/t34-/m1/s1. The zero-order valence-corrected chi connectivity index (χ0v) is 24.6. The van der Waals surface area contributed by atoms with Crippen LogP contribution >= 0.6 is 0 Å². The van der Waals surface area contributed by atoms with Crippen molar-refractivity contribution in [1.29, 1.82) is 0 Å². The summed E-state index contributed by atoms with van der Waals surface area (Å²) in [6.07, 6.45) is 3.43. The summed E-state index contributed by atoms with van der Waals surface area (Å²) in [4.78, 5) is 15.9. The number of hydrogen-bond donors (Lipinski definition) is 3. The van der Waals surface area contributed by atoms with E-state index in [1.807, 2.05) is 61.5 Å². The first-order valence-electron chi connectivity index (χ1n) is 14.1. The van der Waals surface area contributed by atoms with Crippen LogP contribution in [0.25, 0.3) is 11.1 Å². The predicted molar refractivity (Wildman–Crippen MR) is 162 cm³/mol. The highest BCUT2D eigenvalue weighted by molar-refractivity contribution is 5.78. The summed E-state index contributed by atoms with van der Waals surface area (Å²) >= 11 is 0. The molecule has 0 amide bonds. The molecule has 1 atom stereocenters. The van der Waals surface area contributed by atoms with Crippen LogP contribution in [-0.2, 0) is 24.6 Å². The molecule has 224 valence electrons. The number of hydrogen-bond acceptors (Lipinski definition) is 8. The van der Waals surface area contributed by atoms with Crippen molar-refractivity contribution in [2.45, 2.75) is 46.1 Å². The number of fused-ring (bicyclic) bond motifs is 1. The van der Waals surface area contributed by atoms with Gasteiger partial charge in [-0.2, -0.15) is 0 Å². The Morgan fingerprint density at radius 1 is 0.953 bits per heavy atom. The third-order valence-corrected chi connectivity index (χ3v) is 7.61. The largest absolute Gasteiger partial charge is 0.488 e. The molecule has 3 N–H and O–H groups in total. The maximum atomic E-state index is 11.7. The molecule has 4 aromatic rings. The maximum Gasteiger partial charge on any atom is 0.326 e. The molecule has 2 heterocycles. The van der Waals surface area contributed by atoms with Gasteiger partial charge in [0.1, 0.15) is 43.5 Å². The van der Waals surface area contributed by atoms with E-state index in [2.05, 4.69) is 23.3 Å². The Morgan fingerprint density at radius 2 is 1.74 bits per heavy atom. The van der Waals surface area contributed by atoms with Gasteiger partial charge in [0.15, 0.2) is 11.5 Å². The molecule has 9 heteroatoms. The molecular weight excluding hydrogens is 548 g/mol. The molecule has 5 rings (SSSR count). The number of pyridine rings is 1. The first-order valence-corrected chi connectivity index (χ1v) is 14.1. The van der Waals surface area contributed by atoms with Crippen molar-refractivity contribution >= 4 is 5.97 Å². The fourth-order valence-corrected chi connectivity index (χ4v) is 4.81. The Morgan fingerprint density at radius 3 is 2.49 bits per heavy atom. The fourth-order valence-electron chi connectivity index (χ4n) is 4.81. The van der Waals surface area contributed by atoms with Crippen LogP contribution < -0.4 is 24.3 Å². The highest BCUT2D eigenvalue weighted by Gasteiger charge is 2.32. The SMILES string of the molecule is Cc1cc(CN[C@](C)(CO)C(=O)O)c(OCc2cccnc2)cc1OCc1cccc(-c2ccc3c(c2)OCCO3)c1C. The first kappa shape index (κ1) is 29.9. The van der Waals surface area contributed by atoms with Gasteiger partial charge in [-0.25, -0.2) is 0 Å². The highest BCUT2D eigenvalue weighted by atomic mass is 16.6. The van der Waals surface area contributed by atoms with Gasteiger partial charge in [0.05, 0.1) is 6.61 Å². The lowest BCUT2D eigenvalue weighted by atomic mass is 9.96. The zero-order valence-electron chi connectivity index (χ0n) is 24.6. The van der Waals surface area contributed by atoms with Crippen molar-refractivity contribution in [3.05, 3.63) is 101 Å². The zero-order chi connectivity index (χ0) is 30.4. The molecule has 1 aliphatic heterocycles. The van der Waals surface area contributed by atoms with Gasteiger partial charge >= 0.3 is 5.97 Å². The van der Waals surface area contributed by atoms with Gasteiger partial charge in [0.2, 0.25) is 0 Å². The normalized spacial score (nSPS) is 13.7. The number of carbonyl (C=O) groups is 1. The molecule has 0 fully saturated rings. The van der Waals surface area contributed by atoms with E-state index in [1.165, 1.54) is 6.92 Å². The number of carboxylic acid groups (broad SMARTS) is 1. The molecule has 0 aliphatic carbocycles. The van der Waals surface area contributed by atoms with Crippen molar-refractivity contribution in [2.24, 2.45) is 0 Å². The molecule has 1 aromatic heterocycles. The van der Waals surface area contributed by atoms with Crippen LogP contribution in [0.5, 0.6) is 23.0 Å². The van der Waals surface area contributed by atoms with Crippen molar-refractivity contribution in [2.75, 3.05) is 19.8 Å². The van der Waals surface area contributed by atoms with Crippen LogP contribution in [0.15, 0.2) is 73.1 Å². The minimum atomic E-state index is -1.50. The number of aromatic nitrogens is 1. The summed E-state index contributed by atoms with van der Waals surface area (Å²) in [5, 5.41) is 22.2. The van der Waals surface area contributed by atoms with Crippen molar-refractivity contribution < 1.29 is 34.0 Å². The van der Waals surface area contributed by atoms with Crippen LogP contribution in [0, 0.1) is 13.8 Å². The quantitative estimate of drug-likeness (QED) is 0.206. The van der Waals surface area contributed by atoms with Gasteiger partial charge in [-0.05, 0) is 72.9 Å². The molecule has 9 nitrogen and oxygen atoms in total. The lowest BCUT2D eigenvalue weighted by Gasteiger charge is -2.25. The van der Waals surface area contributed by atoms with Gasteiger partial charge < -0.3 is 29.2 Å². The molecular formula is C34H36N2O7. The van der Waals surface area contributed by atoms with Crippen LogP contribution in [0.4, 0.5) is 0 Å². The average molecular weight is 585 g/mol. The summed E-state index contributed by atoms with van der Waals surface area (Å²) in [7, 11) is 0. The second-order valence-electron chi connectivity index (χ2n) is 10.8. The van der Waals surface area contributed by atoms with E-state index in [9.17, 15) is 15.0 Å². The Balaban J connectivity index is 1.38. The third kappa shape index (κ3) is 6.90. The topological polar surface area (TPSA) is 119 Å². The summed E-state index contributed by atoms with van der Waals surface area (Å²) in [5.41, 5.74) is 5.27. The lowest BCUT2D eigenvalue weighted by molar-refractivity contribution is -0.145. The van der Waals surface area contributed by atoms with Gasteiger partial charge in [-0.1, -0.05) is 30.3 Å². The second kappa shape index (κ2) is 13.1. The number of aryl methyl sites for hydroxylation is 1. The third-order valence-electron chi connectivity index (χ3n) is 7.61. The highest BCUT2D eigenvalue weighted by Crippen LogP contribution is 2.37. The number of aliphatic hydroxyl groups excluding tert-OH is 1. The maximum absolute atomic E-state index is 11.7. The number of carboxylic acids is 1. The number of rotatable bonds is 12. The van der Waals surface area contributed by atoms with Gasteiger partial charge in [0.25, 0.3) is 0 Å². The molecule has 0 bridgehead atoms. The number of nitrogens with zero attached hydrogens (tertiary/aromatic N) is 1. The Bertz CT molecular complexity index is 1590. The van der Waals surface area contributed by atoms with Gasteiger partial charge in [0, 0.05) is 36.1 Å². The number of aliphatic hydroxyl groups is 1. The molecule has 3 aromatic carbocycles. The summed E-state index contributed by atoms with van der Waals surface area (Å²) in [6.45, 7) is 6.77. The Hall–Kier alpha value is -4.60. The molecule has 43 heavy (non-hydrogen) atoms. The van der Waals surface area contributed by atoms with E-state index < -0.39 is 18.1 Å². The predicted octanol–water partition coefficient (Wildman–Crippen LogP) is 5.22. The molecule has 0 saturated carbocycles. The van der Waals surface area contributed by atoms with E-state index in [0.29, 0.717) is 31.3 Å². The molecule has 0 radical (unpaired) electrons. The number of benzene rings is 3. The first-order chi connectivity index (χ1) is 20.8. The molecule has 0 saturated heterocycles. The van der Waals surface area contributed by atoms with Crippen LogP contribution in [0.2, 0.25) is 0 Å². The van der Waals surface area contributed by atoms with E-state index in [-0.39, 0.29) is 13.2 Å². The van der Waals surface area contributed by atoms with E-state index in [1.54, 1.807) is 12.4 Å². The van der Waals surface area contributed by atoms with Gasteiger partial charge in [-0.3, -0.25) is 15.1 Å². The molecule has 1 aliphatic rings. The monoisotopic (exact) mass is 584 g/mol. The van der Waals surface area contributed by atoms with Crippen molar-refractivity contribution in [3.63, 3.8) is 0 Å². The molecule has 0 unspecified atom stereocenters. The van der Waals surface area contributed by atoms with Gasteiger partial charge in [-0.15, -0.1) is 0 Å². The number of ether oxygens (including phenoxy) is 4. The van der Waals surface area contributed by atoms with E-state index >= 15 is 0 Å². The fraction of sp³-hybridized carbons (Fsp3) is 0.294. The van der Waals surface area contributed by atoms with E-state index in [0.717, 1.165) is 50.4 Å². The van der Waals surface area contributed by atoms with Crippen molar-refractivity contribution in [1.82, 2.24) is 10.3 Å². The summed E-state index contributed by atoms with van der Waals surface area (Å²) in [6, 6.07) is 19.6. The average Bonchev–Trinajstić information content (AvgIpc) is 3.03. The van der Waals surface area contributed by atoms with Crippen LogP contribution in [-0.4, -0.2) is 46.5 Å². The van der Waals surface area contributed by atoms with Crippen LogP contribution in [0.3, 0.4) is 0 Å².